The third-order valence-corrected chi connectivity index (χ3v) is 6.12. The van der Waals surface area contributed by atoms with Crippen molar-refractivity contribution >= 4 is 18.0 Å². The van der Waals surface area contributed by atoms with Crippen molar-refractivity contribution in [2.24, 2.45) is 5.92 Å². The fraction of sp³-hybridized carbons (Fsp3) is 0.444. The van der Waals surface area contributed by atoms with Crippen LogP contribution in [0.15, 0.2) is 48.5 Å². The summed E-state index contributed by atoms with van der Waals surface area (Å²) >= 11 is 0. The average molecular weight is 467 g/mol. The average Bonchev–Trinajstić information content (AvgIpc) is 3.13. The van der Waals surface area contributed by atoms with Crippen molar-refractivity contribution in [3.63, 3.8) is 0 Å². The first-order valence-electron chi connectivity index (χ1n) is 12.0. The molecule has 0 aromatic heterocycles. The van der Waals surface area contributed by atoms with Gasteiger partial charge in [-0.3, -0.25) is 4.79 Å². The molecule has 1 unspecified atom stereocenters. The van der Waals surface area contributed by atoms with Crippen molar-refractivity contribution in [2.45, 2.75) is 64.5 Å². The van der Waals surface area contributed by atoms with Crippen LogP contribution in [0.25, 0.3) is 11.1 Å². The molecule has 0 heterocycles. The molecular weight excluding hydrogens is 432 g/mol. The summed E-state index contributed by atoms with van der Waals surface area (Å²) in [5, 5.41) is 14.7. The van der Waals surface area contributed by atoms with E-state index >= 15 is 0 Å². The molecule has 3 N–H and O–H groups in total. The number of carbonyl (C=O) groups excluding carboxylic acids is 2. The summed E-state index contributed by atoms with van der Waals surface area (Å²) in [7, 11) is 0. The van der Waals surface area contributed by atoms with Gasteiger partial charge in [-0.25, -0.2) is 9.59 Å². The van der Waals surface area contributed by atoms with Gasteiger partial charge < -0.3 is 20.5 Å². The first-order valence-corrected chi connectivity index (χ1v) is 12.0. The number of carboxylic acids is 1. The summed E-state index contributed by atoms with van der Waals surface area (Å²) in [5.41, 5.74) is 4.49. The molecule has 1 aliphatic rings. The molecule has 0 bridgehead atoms. The summed E-state index contributed by atoms with van der Waals surface area (Å²) < 4.78 is 5.57. The van der Waals surface area contributed by atoms with Crippen molar-refractivity contribution in [1.82, 2.24) is 10.6 Å². The van der Waals surface area contributed by atoms with E-state index in [2.05, 4.69) is 22.8 Å². The Hall–Kier alpha value is -3.35. The second-order valence-electron chi connectivity index (χ2n) is 9.19. The molecule has 182 valence electrons. The fourth-order valence-corrected chi connectivity index (χ4v) is 4.42. The molecule has 2 atom stereocenters. The van der Waals surface area contributed by atoms with Gasteiger partial charge in [-0.05, 0) is 41.0 Å². The molecule has 7 heteroatoms. The third-order valence-electron chi connectivity index (χ3n) is 6.12. The van der Waals surface area contributed by atoms with Crippen LogP contribution in [0.2, 0.25) is 0 Å². The molecule has 0 saturated heterocycles. The van der Waals surface area contributed by atoms with E-state index in [0.717, 1.165) is 28.7 Å². The smallest absolute Gasteiger partial charge is 0.407 e. The zero-order valence-corrected chi connectivity index (χ0v) is 20.0. The first-order chi connectivity index (χ1) is 16.3. The Morgan fingerprint density at radius 1 is 0.941 bits per heavy atom. The van der Waals surface area contributed by atoms with Gasteiger partial charge in [0.25, 0.3) is 0 Å². The number of benzene rings is 2. The van der Waals surface area contributed by atoms with E-state index in [1.54, 1.807) is 0 Å². The highest BCUT2D eigenvalue weighted by atomic mass is 16.5. The van der Waals surface area contributed by atoms with Crippen LogP contribution in [-0.4, -0.2) is 41.8 Å². The maximum atomic E-state index is 12.8. The zero-order valence-electron chi connectivity index (χ0n) is 20.0. The summed E-state index contributed by atoms with van der Waals surface area (Å²) in [6.07, 6.45) is 1.58. The first kappa shape index (κ1) is 25.3. The summed E-state index contributed by atoms with van der Waals surface area (Å²) in [4.78, 5) is 37.0. The minimum Gasteiger partial charge on any atom is -0.480 e. The second kappa shape index (κ2) is 11.7. The van der Waals surface area contributed by atoms with Gasteiger partial charge in [0.2, 0.25) is 5.91 Å². The molecule has 34 heavy (non-hydrogen) atoms. The predicted octanol–water partition coefficient (Wildman–Crippen LogP) is 4.70. The minimum atomic E-state index is -1.09. The van der Waals surface area contributed by atoms with Crippen LogP contribution in [0.5, 0.6) is 0 Å². The Bertz CT molecular complexity index is 974. The number of hydrogen-bond donors (Lipinski definition) is 3. The number of nitrogens with one attached hydrogen (secondary N) is 2. The lowest BCUT2D eigenvalue weighted by molar-refractivity contribution is -0.142. The van der Waals surface area contributed by atoms with Crippen LogP contribution in [0.3, 0.4) is 0 Å². The molecule has 2 aromatic rings. The van der Waals surface area contributed by atoms with Crippen LogP contribution < -0.4 is 10.6 Å². The number of rotatable bonds is 11. The summed E-state index contributed by atoms with van der Waals surface area (Å²) in [6.45, 7) is 5.92. The summed E-state index contributed by atoms with van der Waals surface area (Å²) in [5.74, 6) is -1.57. The molecule has 0 saturated carbocycles. The Morgan fingerprint density at radius 3 is 2.06 bits per heavy atom. The van der Waals surface area contributed by atoms with Crippen molar-refractivity contribution in [1.29, 1.82) is 0 Å². The maximum Gasteiger partial charge on any atom is 0.407 e. The van der Waals surface area contributed by atoms with Crippen molar-refractivity contribution in [3.05, 3.63) is 59.7 Å². The van der Waals surface area contributed by atoms with E-state index in [0.29, 0.717) is 19.3 Å². The van der Waals surface area contributed by atoms with E-state index in [1.807, 2.05) is 57.2 Å². The number of unbranched alkanes of at least 4 members (excludes halogenated alkanes) is 1. The normalized spacial score (nSPS) is 14.1. The highest BCUT2D eigenvalue weighted by molar-refractivity contribution is 5.89. The van der Waals surface area contributed by atoms with Crippen LogP contribution in [0.4, 0.5) is 4.79 Å². The van der Waals surface area contributed by atoms with Gasteiger partial charge in [-0.1, -0.05) is 82.1 Å². The standard InChI is InChI=1S/C27H34N2O5/c1-4-5-14-23(25(30)28-24(26(31)32)15-17(2)3)29-27(33)34-16-22-20-12-8-6-10-18(20)19-11-7-9-13-21(19)22/h6-13,17,22-24H,4-5,14-16H2,1-3H3,(H,28,30)(H,29,33)(H,31,32)/t23?,24-/m0/s1. The number of hydrogen-bond acceptors (Lipinski definition) is 4. The van der Waals surface area contributed by atoms with Crippen molar-refractivity contribution < 1.29 is 24.2 Å². The van der Waals surface area contributed by atoms with Gasteiger partial charge in [0, 0.05) is 5.92 Å². The van der Waals surface area contributed by atoms with Crippen LogP contribution in [0.1, 0.15) is 63.5 Å². The van der Waals surface area contributed by atoms with Crippen molar-refractivity contribution in [3.8, 4) is 11.1 Å². The Kier molecular flexibility index (Phi) is 8.68. The van der Waals surface area contributed by atoms with E-state index in [1.165, 1.54) is 0 Å². The lowest BCUT2D eigenvalue weighted by atomic mass is 9.98. The molecule has 0 spiro atoms. The molecule has 2 aromatic carbocycles. The molecule has 0 radical (unpaired) electrons. The van der Waals surface area contributed by atoms with Crippen LogP contribution in [0, 0.1) is 5.92 Å². The van der Waals surface area contributed by atoms with Crippen LogP contribution in [-0.2, 0) is 14.3 Å². The molecule has 2 amide bonds. The van der Waals surface area contributed by atoms with E-state index in [4.69, 9.17) is 4.74 Å². The number of carbonyl (C=O) groups is 3. The quantitative estimate of drug-likeness (QED) is 0.445. The Balaban J connectivity index is 1.65. The lowest BCUT2D eigenvalue weighted by Crippen LogP contribution is -2.52. The van der Waals surface area contributed by atoms with E-state index in [-0.39, 0.29) is 18.4 Å². The van der Waals surface area contributed by atoms with Crippen molar-refractivity contribution in [2.75, 3.05) is 6.61 Å². The molecule has 1 aliphatic carbocycles. The fourth-order valence-electron chi connectivity index (χ4n) is 4.42. The highest BCUT2D eigenvalue weighted by Gasteiger charge is 2.30. The zero-order chi connectivity index (χ0) is 24.7. The molecule has 3 rings (SSSR count). The molecule has 0 fully saturated rings. The number of carboxylic acid groups (broad SMARTS) is 1. The van der Waals surface area contributed by atoms with E-state index < -0.39 is 30.1 Å². The number of aliphatic carboxylic acids is 1. The van der Waals surface area contributed by atoms with Gasteiger partial charge in [0.15, 0.2) is 0 Å². The number of amides is 2. The second-order valence-corrected chi connectivity index (χ2v) is 9.19. The third kappa shape index (κ3) is 6.16. The highest BCUT2D eigenvalue weighted by Crippen LogP contribution is 2.44. The summed E-state index contributed by atoms with van der Waals surface area (Å²) in [6, 6.07) is 14.3. The number of alkyl carbamates (subject to hydrolysis) is 1. The number of ether oxygens (including phenoxy) is 1. The largest absolute Gasteiger partial charge is 0.480 e. The SMILES string of the molecule is CCCCC(NC(=O)OCC1c2ccccc2-c2ccccc21)C(=O)N[C@@H](CC(C)C)C(=O)O. The van der Waals surface area contributed by atoms with Gasteiger partial charge in [0.1, 0.15) is 18.7 Å². The van der Waals surface area contributed by atoms with Gasteiger partial charge in [-0.2, -0.15) is 0 Å². The van der Waals surface area contributed by atoms with Gasteiger partial charge >= 0.3 is 12.1 Å². The molecule has 0 aliphatic heterocycles. The Morgan fingerprint density at radius 2 is 1.53 bits per heavy atom. The Labute approximate surface area is 200 Å². The van der Waals surface area contributed by atoms with Gasteiger partial charge in [0.05, 0.1) is 0 Å². The van der Waals surface area contributed by atoms with Gasteiger partial charge in [-0.15, -0.1) is 0 Å². The lowest BCUT2D eigenvalue weighted by Gasteiger charge is -2.22. The van der Waals surface area contributed by atoms with E-state index in [9.17, 15) is 19.5 Å². The maximum absolute atomic E-state index is 12.8. The molecule has 7 nitrogen and oxygen atoms in total. The predicted molar refractivity (Wildman–Crippen MR) is 131 cm³/mol. The van der Waals surface area contributed by atoms with Crippen LogP contribution >= 0.6 is 0 Å². The molecular formula is C27H34N2O5. The number of fused-ring (bicyclic) bond motifs is 3. The topological polar surface area (TPSA) is 105 Å². The minimum absolute atomic E-state index is 0.0801. The monoisotopic (exact) mass is 466 g/mol.